The van der Waals surface area contributed by atoms with Crippen molar-refractivity contribution in [3.63, 3.8) is 0 Å². The number of nitrogens with zero attached hydrogens (tertiary/aromatic N) is 1. The number of methoxy groups -OCH3 is 2. The van der Waals surface area contributed by atoms with Gasteiger partial charge in [-0.05, 0) is 37.6 Å². The van der Waals surface area contributed by atoms with Crippen molar-refractivity contribution in [3.05, 3.63) is 41.3 Å². The lowest BCUT2D eigenvalue weighted by Gasteiger charge is -2.11. The van der Waals surface area contributed by atoms with E-state index in [2.05, 4.69) is 9.89 Å². The van der Waals surface area contributed by atoms with Gasteiger partial charge in [-0.2, -0.15) is 8.42 Å². The van der Waals surface area contributed by atoms with Crippen LogP contribution in [0.1, 0.15) is 17.0 Å². The fraction of sp³-hybridized carbons (Fsp3) is 0.250. The van der Waals surface area contributed by atoms with Crippen LogP contribution in [-0.4, -0.2) is 33.8 Å². The number of ether oxygens (including phenoxy) is 2. The average molecular weight is 367 g/mol. The summed E-state index contributed by atoms with van der Waals surface area (Å²) in [6.07, 6.45) is 2.73. The fourth-order valence-corrected chi connectivity index (χ4v) is 3.33. The zero-order chi connectivity index (χ0) is 18.6. The van der Waals surface area contributed by atoms with Crippen molar-refractivity contribution in [2.75, 3.05) is 14.2 Å². The predicted octanol–water partition coefficient (Wildman–Crippen LogP) is 2.25. The van der Waals surface area contributed by atoms with Gasteiger partial charge in [0.1, 0.15) is 5.69 Å². The second-order valence-electron chi connectivity index (χ2n) is 4.96. The van der Waals surface area contributed by atoms with Gasteiger partial charge in [0.2, 0.25) is 0 Å². The number of aryl methyl sites for hydroxylation is 2. The Balaban J connectivity index is 2.34. The molecule has 0 radical (unpaired) electrons. The normalized spacial score (nSPS) is 11.5. The molecular formula is C16H17NO7S. The van der Waals surface area contributed by atoms with Gasteiger partial charge < -0.3 is 18.2 Å². The van der Waals surface area contributed by atoms with Crippen LogP contribution in [0.3, 0.4) is 0 Å². The summed E-state index contributed by atoms with van der Waals surface area (Å²) < 4.78 is 44.6. The smallest absolute Gasteiger partial charge is 0.344 e. The maximum atomic E-state index is 12.5. The van der Waals surface area contributed by atoms with E-state index in [1.165, 1.54) is 52.4 Å². The van der Waals surface area contributed by atoms with Crippen molar-refractivity contribution < 1.29 is 31.4 Å². The molecule has 1 aromatic heterocycles. The van der Waals surface area contributed by atoms with Gasteiger partial charge in [0.25, 0.3) is 0 Å². The van der Waals surface area contributed by atoms with Gasteiger partial charge in [0, 0.05) is 6.08 Å². The number of hydrogen-bond donors (Lipinski definition) is 0. The van der Waals surface area contributed by atoms with Crippen LogP contribution >= 0.6 is 0 Å². The Morgan fingerprint density at radius 3 is 2.48 bits per heavy atom. The predicted molar refractivity (Wildman–Crippen MR) is 87.8 cm³/mol. The molecular weight excluding hydrogens is 350 g/mol. The summed E-state index contributed by atoms with van der Waals surface area (Å²) in [6.45, 7) is 2.98. The molecule has 0 atom stereocenters. The number of rotatable bonds is 6. The maximum absolute atomic E-state index is 12.5. The van der Waals surface area contributed by atoms with Gasteiger partial charge in [-0.1, -0.05) is 11.2 Å². The van der Waals surface area contributed by atoms with Crippen molar-refractivity contribution in [1.29, 1.82) is 0 Å². The Bertz CT molecular complexity index is 893. The third-order valence-corrected chi connectivity index (χ3v) is 4.70. The molecule has 1 heterocycles. The summed E-state index contributed by atoms with van der Waals surface area (Å²) in [7, 11) is -1.49. The highest BCUT2D eigenvalue weighted by atomic mass is 32.2. The fourth-order valence-electron chi connectivity index (χ4n) is 2.08. The topological polar surface area (TPSA) is 105 Å². The summed E-state index contributed by atoms with van der Waals surface area (Å²) in [5.74, 6) is -0.200. The first-order chi connectivity index (χ1) is 11.8. The Hall–Kier alpha value is -2.81. The molecule has 0 saturated carbocycles. The van der Waals surface area contributed by atoms with Gasteiger partial charge in [-0.25, -0.2) is 4.79 Å². The first-order valence-electron chi connectivity index (χ1n) is 7.10. The summed E-state index contributed by atoms with van der Waals surface area (Å²) >= 11 is 0. The van der Waals surface area contributed by atoms with Crippen LogP contribution in [0.5, 0.6) is 11.5 Å². The molecule has 0 amide bonds. The second-order valence-corrected chi connectivity index (χ2v) is 6.44. The molecule has 2 rings (SSSR count). The van der Waals surface area contributed by atoms with E-state index in [9.17, 15) is 13.2 Å². The lowest BCUT2D eigenvalue weighted by molar-refractivity contribution is -0.134. The van der Waals surface area contributed by atoms with Gasteiger partial charge in [0.05, 0.1) is 14.2 Å². The molecule has 1 aromatic carbocycles. The first kappa shape index (κ1) is 18.5. The van der Waals surface area contributed by atoms with Crippen LogP contribution in [-0.2, 0) is 19.6 Å². The SMILES string of the molecule is COC(=O)/C=C/c1ccc(OS(=O)(=O)c2c(C)noc2C)c(OC)c1. The molecule has 8 nitrogen and oxygen atoms in total. The summed E-state index contributed by atoms with van der Waals surface area (Å²) in [5, 5.41) is 3.61. The van der Waals surface area contributed by atoms with Gasteiger partial charge in [0.15, 0.2) is 22.2 Å². The van der Waals surface area contributed by atoms with Crippen LogP contribution in [0, 0.1) is 13.8 Å². The molecule has 0 aliphatic heterocycles. The molecule has 0 bridgehead atoms. The van der Waals surface area contributed by atoms with Crippen molar-refractivity contribution in [1.82, 2.24) is 5.16 Å². The highest BCUT2D eigenvalue weighted by molar-refractivity contribution is 7.87. The minimum atomic E-state index is -4.13. The van der Waals surface area contributed by atoms with E-state index >= 15 is 0 Å². The van der Waals surface area contributed by atoms with Crippen molar-refractivity contribution in [2.24, 2.45) is 0 Å². The van der Waals surface area contributed by atoms with Crippen molar-refractivity contribution in [3.8, 4) is 11.5 Å². The summed E-state index contributed by atoms with van der Waals surface area (Å²) in [6, 6.07) is 4.52. The average Bonchev–Trinajstić information content (AvgIpc) is 2.92. The lowest BCUT2D eigenvalue weighted by atomic mass is 10.2. The Kier molecular flexibility index (Phi) is 5.48. The molecule has 0 aliphatic carbocycles. The standard InChI is InChI=1S/C16H17NO7S/c1-10-16(11(2)23-17-10)25(19,20)24-13-7-5-12(9-14(13)21-3)6-8-15(18)22-4/h5-9H,1-4H3/b8-6+. The molecule has 9 heteroatoms. The molecule has 0 unspecified atom stereocenters. The minimum absolute atomic E-state index is 0.00211. The minimum Gasteiger partial charge on any atom is -0.493 e. The van der Waals surface area contributed by atoms with Crippen molar-refractivity contribution in [2.45, 2.75) is 18.7 Å². The molecule has 0 spiro atoms. The number of benzene rings is 1. The van der Waals surface area contributed by atoms with Gasteiger partial charge in [-0.3, -0.25) is 0 Å². The van der Waals surface area contributed by atoms with E-state index in [4.69, 9.17) is 13.4 Å². The van der Waals surface area contributed by atoms with Crippen LogP contribution in [0.15, 0.2) is 33.7 Å². The molecule has 25 heavy (non-hydrogen) atoms. The van der Waals surface area contributed by atoms with Crippen LogP contribution in [0.4, 0.5) is 0 Å². The molecule has 0 N–H and O–H groups in total. The van der Waals surface area contributed by atoms with Crippen LogP contribution in [0.25, 0.3) is 6.08 Å². The number of carbonyl (C=O) groups excluding carboxylic acids is 1. The van der Waals surface area contributed by atoms with Crippen molar-refractivity contribution >= 4 is 22.2 Å². The third-order valence-electron chi connectivity index (χ3n) is 3.22. The molecule has 134 valence electrons. The highest BCUT2D eigenvalue weighted by Gasteiger charge is 2.27. The number of hydrogen-bond acceptors (Lipinski definition) is 8. The Morgan fingerprint density at radius 1 is 1.20 bits per heavy atom. The van der Waals surface area contributed by atoms with Crippen LogP contribution in [0.2, 0.25) is 0 Å². The highest BCUT2D eigenvalue weighted by Crippen LogP contribution is 2.32. The largest absolute Gasteiger partial charge is 0.493 e. The maximum Gasteiger partial charge on any atom is 0.344 e. The zero-order valence-corrected chi connectivity index (χ0v) is 14.9. The van der Waals surface area contributed by atoms with E-state index in [1.807, 2.05) is 0 Å². The Labute approximate surface area is 145 Å². The number of carbonyl (C=O) groups is 1. The van der Waals surface area contributed by atoms with E-state index in [0.717, 1.165) is 0 Å². The zero-order valence-electron chi connectivity index (χ0n) is 14.1. The van der Waals surface area contributed by atoms with Gasteiger partial charge in [-0.15, -0.1) is 0 Å². The molecule has 2 aromatic rings. The quantitative estimate of drug-likeness (QED) is 0.435. The molecule has 0 aliphatic rings. The lowest BCUT2D eigenvalue weighted by Crippen LogP contribution is -2.12. The Morgan fingerprint density at radius 2 is 1.92 bits per heavy atom. The molecule has 0 saturated heterocycles. The summed E-state index contributed by atoms with van der Waals surface area (Å²) in [5.41, 5.74) is 0.804. The number of aromatic nitrogens is 1. The second kappa shape index (κ2) is 7.39. The van der Waals surface area contributed by atoms with E-state index in [0.29, 0.717) is 5.56 Å². The van der Waals surface area contributed by atoms with Crippen LogP contribution < -0.4 is 8.92 Å². The third kappa shape index (κ3) is 4.18. The van der Waals surface area contributed by atoms with E-state index in [-0.39, 0.29) is 27.8 Å². The van der Waals surface area contributed by atoms with E-state index < -0.39 is 16.1 Å². The monoisotopic (exact) mass is 367 g/mol. The van der Waals surface area contributed by atoms with Gasteiger partial charge >= 0.3 is 16.1 Å². The van der Waals surface area contributed by atoms with E-state index in [1.54, 1.807) is 6.07 Å². The molecule has 0 fully saturated rings. The summed E-state index contributed by atoms with van der Waals surface area (Å²) in [4.78, 5) is 11.0. The first-order valence-corrected chi connectivity index (χ1v) is 8.50. The number of esters is 1.